The maximum atomic E-state index is 9.60. The third kappa shape index (κ3) is 32.3. The zero-order chi connectivity index (χ0) is 12.9. The lowest BCUT2D eigenvalue weighted by atomic mass is 10.4. The number of hydrogen-bond donors (Lipinski definition) is 4. The van der Waals surface area contributed by atoms with E-state index < -0.39 is 12.1 Å². The average molecular weight is 220 g/mol. The lowest BCUT2D eigenvalue weighted by molar-refractivity contribution is -0.132. The van der Waals surface area contributed by atoms with E-state index in [0.29, 0.717) is 0 Å². The van der Waals surface area contributed by atoms with Crippen LogP contribution in [0.1, 0.15) is 13.8 Å². The molecular weight excluding hydrogens is 200 g/mol. The third-order valence-electron chi connectivity index (χ3n) is 0.787. The van der Waals surface area contributed by atoms with Gasteiger partial charge in [0.1, 0.15) is 6.10 Å². The van der Waals surface area contributed by atoms with Crippen molar-refractivity contribution in [1.29, 1.82) is 0 Å². The minimum absolute atomic E-state index is 0.176. The number of rotatable bonds is 3. The highest BCUT2D eigenvalue weighted by atomic mass is 16.4. The fourth-order valence-corrected chi connectivity index (χ4v) is 0.0577. The second-order valence-electron chi connectivity index (χ2n) is 2.51. The van der Waals surface area contributed by atoms with Crippen molar-refractivity contribution in [3.8, 4) is 0 Å². The summed E-state index contributed by atoms with van der Waals surface area (Å²) in [5, 5.41) is 31.9. The van der Waals surface area contributed by atoms with Crippen molar-refractivity contribution in [1.82, 2.24) is 0 Å². The molecule has 4 N–H and O–H groups in total. The van der Waals surface area contributed by atoms with Crippen LogP contribution in [0.5, 0.6) is 0 Å². The van der Waals surface area contributed by atoms with E-state index in [-0.39, 0.29) is 18.8 Å². The molecule has 0 heterocycles. The molecule has 0 fully saturated rings. The van der Waals surface area contributed by atoms with Crippen LogP contribution in [0.4, 0.5) is 0 Å². The van der Waals surface area contributed by atoms with E-state index in [2.05, 4.69) is 13.2 Å². The Kier molecular flexibility index (Phi) is 19.8. The molecule has 0 aliphatic rings. The predicted octanol–water partition coefficient (Wildman–Crippen LogP) is 0.171. The molecule has 0 atom stereocenters. The van der Waals surface area contributed by atoms with Gasteiger partial charge in [0.2, 0.25) is 0 Å². The molecule has 90 valence electrons. The van der Waals surface area contributed by atoms with Gasteiger partial charge < -0.3 is 20.4 Å². The van der Waals surface area contributed by atoms with Crippen LogP contribution in [0, 0.1) is 0 Å². The molecule has 0 bridgehead atoms. The average Bonchev–Trinajstić information content (AvgIpc) is 2.18. The highest BCUT2D eigenvalue weighted by Crippen LogP contribution is 1.81. The minimum atomic E-state index is -0.954. The van der Waals surface area contributed by atoms with Crippen LogP contribution in [0.25, 0.3) is 0 Å². The maximum absolute atomic E-state index is 9.60. The highest BCUT2D eigenvalue weighted by Gasteiger charge is 1.93. The number of aliphatic hydroxyl groups excluding tert-OH is 3. The van der Waals surface area contributed by atoms with Gasteiger partial charge in [-0.3, -0.25) is 0 Å². The molecule has 5 nitrogen and oxygen atoms in total. The van der Waals surface area contributed by atoms with Crippen molar-refractivity contribution in [2.45, 2.75) is 20.0 Å². The topological polar surface area (TPSA) is 98.0 Å². The summed E-state index contributed by atoms with van der Waals surface area (Å²) in [4.78, 5) is 9.60. The van der Waals surface area contributed by atoms with Gasteiger partial charge in [0.05, 0.1) is 13.2 Å². The van der Waals surface area contributed by atoms with Gasteiger partial charge >= 0.3 is 5.97 Å². The van der Waals surface area contributed by atoms with E-state index in [1.807, 2.05) is 6.92 Å². The molecule has 0 aliphatic heterocycles. The number of carboxylic acids is 1. The minimum Gasteiger partial charge on any atom is -0.478 e. The number of carbonyl (C=O) groups is 1. The van der Waals surface area contributed by atoms with Crippen LogP contribution in [0.2, 0.25) is 0 Å². The van der Waals surface area contributed by atoms with E-state index in [0.717, 1.165) is 0 Å². The number of carboxylic acid groups (broad SMARTS) is 1. The lowest BCUT2D eigenvalue weighted by Crippen LogP contribution is -2.15. The summed E-state index contributed by atoms with van der Waals surface area (Å²) in [6, 6.07) is 0. The number of allylic oxidation sites excluding steroid dienone is 1. The smallest absolute Gasteiger partial charge is 0.330 e. The first kappa shape index (κ1) is 19.4. The second-order valence-corrected chi connectivity index (χ2v) is 2.51. The van der Waals surface area contributed by atoms with Crippen LogP contribution in [-0.4, -0.2) is 45.7 Å². The zero-order valence-electron chi connectivity index (χ0n) is 9.18. The SMILES string of the molecule is C=C(C)C(=O)O.C=CC.OCC(O)CO. The largest absolute Gasteiger partial charge is 0.478 e. The Labute approximate surface area is 90.0 Å². The van der Waals surface area contributed by atoms with E-state index in [4.69, 9.17) is 20.4 Å². The van der Waals surface area contributed by atoms with Crippen LogP contribution < -0.4 is 0 Å². The summed E-state index contributed by atoms with van der Waals surface area (Å²) in [5.41, 5.74) is 0.176. The van der Waals surface area contributed by atoms with Gasteiger partial charge in [0.25, 0.3) is 0 Å². The van der Waals surface area contributed by atoms with E-state index in [1.165, 1.54) is 6.92 Å². The molecule has 5 heteroatoms. The summed E-state index contributed by atoms with van der Waals surface area (Å²) in [7, 11) is 0. The standard InChI is InChI=1S/C4H6O2.C3H8O3.C3H6/c1-3(2)4(5)6;4-1-3(6)2-5;1-3-2/h1H2,2H3,(H,5,6);3-6H,1-2H2;3H,1H2,2H3. The Morgan fingerprint density at radius 3 is 1.60 bits per heavy atom. The molecule has 0 spiro atoms. The van der Waals surface area contributed by atoms with Gasteiger partial charge in [-0.2, -0.15) is 0 Å². The molecule has 0 aromatic rings. The van der Waals surface area contributed by atoms with Crippen LogP contribution in [0.3, 0.4) is 0 Å². The van der Waals surface area contributed by atoms with Crippen molar-refractivity contribution >= 4 is 5.97 Å². The van der Waals surface area contributed by atoms with Gasteiger partial charge in [0, 0.05) is 5.57 Å². The van der Waals surface area contributed by atoms with Crippen LogP contribution >= 0.6 is 0 Å². The summed E-state index contributed by atoms with van der Waals surface area (Å²) in [6.07, 6.45) is 0.796. The molecule has 0 unspecified atom stereocenters. The Hall–Kier alpha value is -1.17. The van der Waals surface area contributed by atoms with Crippen molar-refractivity contribution in [3.05, 3.63) is 24.8 Å². The fraction of sp³-hybridized carbons (Fsp3) is 0.500. The summed E-state index contributed by atoms with van der Waals surface area (Å²) >= 11 is 0. The summed E-state index contributed by atoms with van der Waals surface area (Å²) in [5.74, 6) is -0.935. The van der Waals surface area contributed by atoms with Gasteiger partial charge in [0.15, 0.2) is 0 Å². The number of hydrogen-bond acceptors (Lipinski definition) is 4. The van der Waals surface area contributed by atoms with Gasteiger partial charge in [-0.25, -0.2) is 4.79 Å². The van der Waals surface area contributed by atoms with E-state index >= 15 is 0 Å². The Bertz CT molecular complexity index is 161. The summed E-state index contributed by atoms with van der Waals surface area (Å²) in [6.45, 7) is 9.12. The fourth-order valence-electron chi connectivity index (χ4n) is 0.0577. The molecule has 0 amide bonds. The second kappa shape index (κ2) is 15.3. The van der Waals surface area contributed by atoms with Crippen molar-refractivity contribution in [2.24, 2.45) is 0 Å². The van der Waals surface area contributed by atoms with Crippen LogP contribution in [-0.2, 0) is 4.79 Å². The Morgan fingerprint density at radius 2 is 1.60 bits per heavy atom. The quantitative estimate of drug-likeness (QED) is 0.401. The number of aliphatic hydroxyl groups is 3. The first-order chi connectivity index (χ1) is 6.87. The molecule has 0 aliphatic carbocycles. The first-order valence-electron chi connectivity index (χ1n) is 4.22. The van der Waals surface area contributed by atoms with Crippen molar-refractivity contribution < 1.29 is 25.2 Å². The molecule has 0 rings (SSSR count). The monoisotopic (exact) mass is 220 g/mol. The third-order valence-corrected chi connectivity index (χ3v) is 0.787. The predicted molar refractivity (Wildman–Crippen MR) is 58.5 cm³/mol. The van der Waals surface area contributed by atoms with Crippen LogP contribution in [0.15, 0.2) is 24.8 Å². The normalized spacial score (nSPS) is 7.87. The Morgan fingerprint density at radius 1 is 1.40 bits per heavy atom. The molecular formula is C10H20O5. The maximum Gasteiger partial charge on any atom is 0.330 e. The first-order valence-corrected chi connectivity index (χ1v) is 4.22. The summed E-state index contributed by atoms with van der Waals surface area (Å²) < 4.78 is 0. The number of aliphatic carboxylic acids is 1. The molecule has 0 aromatic heterocycles. The lowest BCUT2D eigenvalue weighted by Gasteiger charge is -1.96. The van der Waals surface area contributed by atoms with Gasteiger partial charge in [-0.15, -0.1) is 6.58 Å². The van der Waals surface area contributed by atoms with Crippen molar-refractivity contribution in [2.75, 3.05) is 13.2 Å². The zero-order valence-corrected chi connectivity index (χ0v) is 9.18. The van der Waals surface area contributed by atoms with E-state index in [9.17, 15) is 4.79 Å². The molecule has 0 saturated heterocycles. The Balaban J connectivity index is -0.000000153. The molecule has 15 heavy (non-hydrogen) atoms. The van der Waals surface area contributed by atoms with Crippen molar-refractivity contribution in [3.63, 3.8) is 0 Å². The molecule has 0 aromatic carbocycles. The molecule has 0 saturated carbocycles. The van der Waals surface area contributed by atoms with E-state index in [1.54, 1.807) is 6.08 Å². The van der Waals surface area contributed by atoms with Gasteiger partial charge in [-0.1, -0.05) is 12.7 Å². The highest BCUT2D eigenvalue weighted by molar-refractivity contribution is 5.84. The van der Waals surface area contributed by atoms with Gasteiger partial charge in [-0.05, 0) is 13.8 Å². The molecule has 0 radical (unpaired) electrons.